The number of nitrogens with zero attached hydrogens (tertiary/aromatic N) is 2. The molecule has 1 saturated carbocycles. The summed E-state index contributed by atoms with van der Waals surface area (Å²) in [5, 5.41) is 3.45. The summed E-state index contributed by atoms with van der Waals surface area (Å²) < 4.78 is 5.59. The number of rotatable bonds is 6. The normalized spacial score (nSPS) is 21.9. The van der Waals surface area contributed by atoms with Gasteiger partial charge in [0.1, 0.15) is 0 Å². The number of nitrogens with one attached hydrogen (secondary N) is 1. The van der Waals surface area contributed by atoms with Gasteiger partial charge in [-0.25, -0.2) is 0 Å². The molecule has 2 aliphatic rings. The molecule has 20 heavy (non-hydrogen) atoms. The molecule has 4 heteroatoms. The van der Waals surface area contributed by atoms with Gasteiger partial charge in [-0.3, -0.25) is 4.99 Å². The Morgan fingerprint density at radius 2 is 2.05 bits per heavy atom. The molecule has 116 valence electrons. The van der Waals surface area contributed by atoms with Crippen molar-refractivity contribution >= 4 is 5.96 Å². The third-order valence-corrected chi connectivity index (χ3v) is 4.79. The molecule has 0 aromatic carbocycles. The maximum atomic E-state index is 5.59. The predicted octanol–water partition coefficient (Wildman–Crippen LogP) is 2.64. The van der Waals surface area contributed by atoms with Crippen LogP contribution < -0.4 is 5.32 Å². The van der Waals surface area contributed by atoms with Gasteiger partial charge in [-0.1, -0.05) is 26.2 Å². The fraction of sp³-hybridized carbons (Fsp3) is 0.938. The van der Waals surface area contributed by atoms with Crippen LogP contribution in [0.5, 0.6) is 0 Å². The minimum Gasteiger partial charge on any atom is -0.380 e. The van der Waals surface area contributed by atoms with Crippen molar-refractivity contribution in [1.29, 1.82) is 0 Å². The van der Waals surface area contributed by atoms with Crippen LogP contribution in [0.3, 0.4) is 0 Å². The highest BCUT2D eigenvalue weighted by molar-refractivity contribution is 5.80. The summed E-state index contributed by atoms with van der Waals surface area (Å²) in [5.41, 5.74) is 0.606. The highest BCUT2D eigenvalue weighted by Gasteiger charge is 2.40. The van der Waals surface area contributed by atoms with Crippen LogP contribution in [0, 0.1) is 5.41 Å². The van der Waals surface area contributed by atoms with Crippen molar-refractivity contribution in [3.63, 3.8) is 0 Å². The molecule has 2 fully saturated rings. The lowest BCUT2D eigenvalue weighted by Crippen LogP contribution is -2.42. The van der Waals surface area contributed by atoms with E-state index >= 15 is 0 Å². The quantitative estimate of drug-likeness (QED) is 0.462. The highest BCUT2D eigenvalue weighted by Crippen LogP contribution is 2.45. The number of aliphatic imine (C=N–C) groups is 1. The van der Waals surface area contributed by atoms with Gasteiger partial charge >= 0.3 is 0 Å². The summed E-state index contributed by atoms with van der Waals surface area (Å²) in [6, 6.07) is 0. The molecule has 0 atom stereocenters. The molecule has 0 unspecified atom stereocenters. The van der Waals surface area contributed by atoms with E-state index in [0.717, 1.165) is 38.7 Å². The van der Waals surface area contributed by atoms with E-state index in [1.165, 1.54) is 45.1 Å². The van der Waals surface area contributed by atoms with E-state index in [1.54, 1.807) is 0 Å². The Hall–Kier alpha value is -0.770. The van der Waals surface area contributed by atoms with Crippen LogP contribution in [-0.2, 0) is 4.74 Å². The van der Waals surface area contributed by atoms with Gasteiger partial charge in [-0.2, -0.15) is 0 Å². The third-order valence-electron chi connectivity index (χ3n) is 4.79. The summed E-state index contributed by atoms with van der Waals surface area (Å²) in [7, 11) is 1.89. The van der Waals surface area contributed by atoms with E-state index in [2.05, 4.69) is 22.1 Å². The second-order valence-electron chi connectivity index (χ2n) is 6.32. The lowest BCUT2D eigenvalue weighted by atomic mass is 9.86. The van der Waals surface area contributed by atoms with Crippen LogP contribution in [0.25, 0.3) is 0 Å². The minimum atomic E-state index is 0.606. The smallest absolute Gasteiger partial charge is 0.193 e. The zero-order chi connectivity index (χ0) is 14.3. The Morgan fingerprint density at radius 3 is 2.75 bits per heavy atom. The number of ether oxygens (including phenoxy) is 1. The summed E-state index contributed by atoms with van der Waals surface area (Å²) in [6.07, 6.45) is 9.38. The van der Waals surface area contributed by atoms with Crippen LogP contribution in [0.2, 0.25) is 0 Å². The van der Waals surface area contributed by atoms with Gasteiger partial charge < -0.3 is 15.0 Å². The second-order valence-corrected chi connectivity index (χ2v) is 6.32. The molecule has 0 aromatic heterocycles. The van der Waals surface area contributed by atoms with Gasteiger partial charge in [0.15, 0.2) is 5.96 Å². The number of unbranched alkanes of at least 4 members (excludes halogenated alkanes) is 1. The monoisotopic (exact) mass is 281 g/mol. The van der Waals surface area contributed by atoms with Gasteiger partial charge in [-0.15, -0.1) is 0 Å². The van der Waals surface area contributed by atoms with Crippen molar-refractivity contribution < 1.29 is 4.74 Å². The first kappa shape index (κ1) is 15.6. The molecule has 1 N–H and O–H groups in total. The highest BCUT2D eigenvalue weighted by atomic mass is 16.5. The standard InChI is InChI=1S/C16H31N3O/c1-3-4-12-20-13-10-18-15(17-2)19-11-9-16(14-19)7-5-6-8-16/h3-14H2,1-2H3,(H,17,18). The van der Waals surface area contributed by atoms with E-state index < -0.39 is 0 Å². The molecule has 4 nitrogen and oxygen atoms in total. The van der Waals surface area contributed by atoms with E-state index in [9.17, 15) is 0 Å². The van der Waals surface area contributed by atoms with Gasteiger partial charge in [0.05, 0.1) is 6.61 Å². The van der Waals surface area contributed by atoms with Gasteiger partial charge in [-0.05, 0) is 31.1 Å². The average Bonchev–Trinajstić information content (AvgIpc) is 3.09. The number of guanidine groups is 1. The van der Waals surface area contributed by atoms with Crippen molar-refractivity contribution in [2.75, 3.05) is 39.9 Å². The van der Waals surface area contributed by atoms with E-state index in [1.807, 2.05) is 7.05 Å². The van der Waals surface area contributed by atoms with Crippen molar-refractivity contribution in [2.45, 2.75) is 51.9 Å². The Labute approximate surface area is 124 Å². The Morgan fingerprint density at radius 1 is 1.25 bits per heavy atom. The maximum Gasteiger partial charge on any atom is 0.193 e. The third kappa shape index (κ3) is 4.11. The largest absolute Gasteiger partial charge is 0.380 e. The zero-order valence-electron chi connectivity index (χ0n) is 13.3. The van der Waals surface area contributed by atoms with Crippen LogP contribution in [-0.4, -0.2) is 50.8 Å². The fourth-order valence-corrected chi connectivity index (χ4v) is 3.56. The van der Waals surface area contributed by atoms with Crippen LogP contribution in [0.15, 0.2) is 4.99 Å². The average molecular weight is 281 g/mol. The molecule has 0 aromatic rings. The van der Waals surface area contributed by atoms with Gasteiger partial charge in [0.2, 0.25) is 0 Å². The lowest BCUT2D eigenvalue weighted by molar-refractivity contribution is 0.135. The van der Waals surface area contributed by atoms with Gasteiger partial charge in [0.25, 0.3) is 0 Å². The molecule has 2 rings (SSSR count). The van der Waals surface area contributed by atoms with Crippen molar-refractivity contribution in [3.05, 3.63) is 0 Å². The molecule has 1 heterocycles. The first-order chi connectivity index (χ1) is 9.79. The number of hydrogen-bond acceptors (Lipinski definition) is 2. The van der Waals surface area contributed by atoms with Crippen molar-refractivity contribution in [1.82, 2.24) is 10.2 Å². The van der Waals surface area contributed by atoms with Crippen molar-refractivity contribution in [3.8, 4) is 0 Å². The molecule has 1 aliphatic carbocycles. The Kier molecular flexibility index (Phi) is 6.14. The maximum absolute atomic E-state index is 5.59. The van der Waals surface area contributed by atoms with Crippen LogP contribution in [0.1, 0.15) is 51.9 Å². The van der Waals surface area contributed by atoms with Gasteiger partial charge in [0, 0.05) is 33.3 Å². The van der Waals surface area contributed by atoms with E-state index in [4.69, 9.17) is 4.74 Å². The minimum absolute atomic E-state index is 0.606. The molecule has 0 radical (unpaired) electrons. The van der Waals surface area contributed by atoms with E-state index in [0.29, 0.717) is 5.41 Å². The van der Waals surface area contributed by atoms with Crippen molar-refractivity contribution in [2.24, 2.45) is 10.4 Å². The topological polar surface area (TPSA) is 36.9 Å². The summed E-state index contributed by atoms with van der Waals surface area (Å²) >= 11 is 0. The summed E-state index contributed by atoms with van der Waals surface area (Å²) in [4.78, 5) is 6.88. The summed E-state index contributed by atoms with van der Waals surface area (Å²) in [5.74, 6) is 1.06. The molecular weight excluding hydrogens is 250 g/mol. The first-order valence-corrected chi connectivity index (χ1v) is 8.33. The van der Waals surface area contributed by atoms with Crippen LogP contribution in [0.4, 0.5) is 0 Å². The number of likely N-dealkylation sites (tertiary alicyclic amines) is 1. The molecule has 1 aliphatic heterocycles. The lowest BCUT2D eigenvalue weighted by Gasteiger charge is -2.25. The number of hydrogen-bond donors (Lipinski definition) is 1. The molecule has 1 saturated heterocycles. The molecule has 0 amide bonds. The second kappa shape index (κ2) is 7.87. The zero-order valence-corrected chi connectivity index (χ0v) is 13.3. The SMILES string of the molecule is CCCCOCCNC(=NC)N1CCC2(CCCC2)C1. The summed E-state index contributed by atoms with van der Waals surface area (Å²) in [6.45, 7) is 7.07. The molecular formula is C16H31N3O. The Bertz CT molecular complexity index is 311. The fourth-order valence-electron chi connectivity index (χ4n) is 3.56. The molecule has 0 bridgehead atoms. The van der Waals surface area contributed by atoms with E-state index in [-0.39, 0.29) is 0 Å². The molecule has 1 spiro atoms. The van der Waals surface area contributed by atoms with Crippen LogP contribution >= 0.6 is 0 Å². The first-order valence-electron chi connectivity index (χ1n) is 8.33. The Balaban J connectivity index is 1.67. The predicted molar refractivity (Wildman–Crippen MR) is 84.2 cm³/mol.